The molecular formula is C13H24N2O5. The molecule has 2 amide bonds. The Hall–Kier alpha value is -1.79. The first-order valence-electron chi connectivity index (χ1n) is 6.61. The molecule has 0 heterocycles. The number of ether oxygens (including phenoxy) is 2. The van der Waals surface area contributed by atoms with Gasteiger partial charge in [-0.3, -0.25) is 9.59 Å². The van der Waals surface area contributed by atoms with E-state index >= 15 is 0 Å². The van der Waals surface area contributed by atoms with Gasteiger partial charge in [-0.2, -0.15) is 0 Å². The summed E-state index contributed by atoms with van der Waals surface area (Å²) in [4.78, 5) is 33.9. The molecule has 0 aromatic rings. The van der Waals surface area contributed by atoms with E-state index in [1.807, 2.05) is 6.92 Å². The van der Waals surface area contributed by atoms with Gasteiger partial charge in [0, 0.05) is 0 Å². The normalized spacial score (nSPS) is 12.4. The van der Waals surface area contributed by atoms with E-state index < -0.39 is 29.7 Å². The predicted octanol–water partition coefficient (Wildman–Crippen LogP) is 1.10. The average molecular weight is 288 g/mol. The van der Waals surface area contributed by atoms with Gasteiger partial charge in [0.15, 0.2) is 6.10 Å². The van der Waals surface area contributed by atoms with Gasteiger partial charge in [-0.25, -0.2) is 4.79 Å². The molecule has 116 valence electrons. The second-order valence-corrected chi connectivity index (χ2v) is 5.38. The molecule has 0 saturated carbocycles. The zero-order valence-corrected chi connectivity index (χ0v) is 12.5. The fourth-order valence-corrected chi connectivity index (χ4v) is 1.31. The minimum atomic E-state index is -0.956. The Morgan fingerprint density at radius 2 is 1.85 bits per heavy atom. The summed E-state index contributed by atoms with van der Waals surface area (Å²) in [6.45, 7) is 6.70. The van der Waals surface area contributed by atoms with Crippen molar-refractivity contribution in [3.8, 4) is 0 Å². The van der Waals surface area contributed by atoms with Crippen LogP contribution in [0.1, 0.15) is 47.0 Å². The van der Waals surface area contributed by atoms with E-state index in [4.69, 9.17) is 15.2 Å². The van der Waals surface area contributed by atoms with Crippen LogP contribution in [0.2, 0.25) is 0 Å². The Labute approximate surface area is 119 Å². The molecule has 0 rings (SSSR count). The van der Waals surface area contributed by atoms with Gasteiger partial charge in [0.2, 0.25) is 0 Å². The molecule has 20 heavy (non-hydrogen) atoms. The highest BCUT2D eigenvalue weighted by molar-refractivity contribution is 5.84. The highest BCUT2D eigenvalue weighted by Gasteiger charge is 2.21. The molecule has 0 aliphatic heterocycles. The van der Waals surface area contributed by atoms with Gasteiger partial charge in [-0.15, -0.1) is 0 Å². The molecule has 0 fully saturated rings. The van der Waals surface area contributed by atoms with Crippen molar-refractivity contribution < 1.29 is 23.9 Å². The van der Waals surface area contributed by atoms with Crippen molar-refractivity contribution in [2.75, 3.05) is 6.54 Å². The molecule has 0 aliphatic rings. The summed E-state index contributed by atoms with van der Waals surface area (Å²) in [5.74, 6) is -1.42. The number of esters is 1. The van der Waals surface area contributed by atoms with Crippen molar-refractivity contribution >= 4 is 18.0 Å². The van der Waals surface area contributed by atoms with E-state index in [0.717, 1.165) is 12.8 Å². The highest BCUT2D eigenvalue weighted by Crippen LogP contribution is 2.07. The second kappa shape index (κ2) is 8.39. The quantitative estimate of drug-likeness (QED) is 0.682. The number of primary amides is 1. The molecule has 0 aliphatic carbocycles. The maximum absolute atomic E-state index is 11.5. The van der Waals surface area contributed by atoms with Crippen molar-refractivity contribution in [1.29, 1.82) is 0 Å². The summed E-state index contributed by atoms with van der Waals surface area (Å²) in [6.07, 6.45) is 0.281. The van der Waals surface area contributed by atoms with Gasteiger partial charge in [-0.1, -0.05) is 13.3 Å². The van der Waals surface area contributed by atoms with Gasteiger partial charge in [-0.05, 0) is 33.6 Å². The Morgan fingerprint density at radius 3 is 2.30 bits per heavy atom. The monoisotopic (exact) mass is 288 g/mol. The summed E-state index contributed by atoms with van der Waals surface area (Å²) >= 11 is 0. The SMILES string of the molecule is CCCCC(OC(=O)CNC(=O)OC(C)(C)C)C(N)=O. The first-order chi connectivity index (χ1) is 9.15. The van der Waals surface area contributed by atoms with Crippen LogP contribution in [0.3, 0.4) is 0 Å². The highest BCUT2D eigenvalue weighted by atomic mass is 16.6. The molecule has 1 atom stereocenters. The maximum atomic E-state index is 11.5. The number of nitrogens with one attached hydrogen (secondary N) is 1. The molecule has 0 saturated heterocycles. The summed E-state index contributed by atoms with van der Waals surface area (Å²) in [5.41, 5.74) is 4.49. The lowest BCUT2D eigenvalue weighted by Gasteiger charge is -2.20. The third kappa shape index (κ3) is 9.18. The minimum Gasteiger partial charge on any atom is -0.451 e. The van der Waals surface area contributed by atoms with Crippen LogP contribution in [0, 0.1) is 0 Å². The fourth-order valence-electron chi connectivity index (χ4n) is 1.31. The van der Waals surface area contributed by atoms with Crippen molar-refractivity contribution in [2.24, 2.45) is 5.73 Å². The molecule has 0 spiro atoms. The molecule has 7 nitrogen and oxygen atoms in total. The number of hydrogen-bond donors (Lipinski definition) is 2. The molecule has 0 bridgehead atoms. The summed E-state index contributed by atoms with van der Waals surface area (Å²) in [6, 6.07) is 0. The van der Waals surface area contributed by atoms with Crippen molar-refractivity contribution in [3.05, 3.63) is 0 Å². The minimum absolute atomic E-state index is 0.370. The van der Waals surface area contributed by atoms with Gasteiger partial charge < -0.3 is 20.5 Å². The van der Waals surface area contributed by atoms with E-state index in [2.05, 4.69) is 5.32 Å². The lowest BCUT2D eigenvalue weighted by Crippen LogP contribution is -2.39. The number of nitrogens with two attached hydrogens (primary N) is 1. The van der Waals surface area contributed by atoms with Gasteiger partial charge in [0.05, 0.1) is 0 Å². The van der Waals surface area contributed by atoms with Crippen LogP contribution in [-0.2, 0) is 19.1 Å². The van der Waals surface area contributed by atoms with Crippen molar-refractivity contribution in [1.82, 2.24) is 5.32 Å². The first kappa shape index (κ1) is 18.2. The molecule has 3 N–H and O–H groups in total. The third-order valence-electron chi connectivity index (χ3n) is 2.19. The Kier molecular flexibility index (Phi) is 7.64. The summed E-state index contributed by atoms with van der Waals surface area (Å²) in [5, 5.41) is 2.25. The first-order valence-corrected chi connectivity index (χ1v) is 6.61. The molecule has 0 aromatic carbocycles. The largest absolute Gasteiger partial charge is 0.451 e. The van der Waals surface area contributed by atoms with Crippen LogP contribution in [-0.4, -0.2) is 36.2 Å². The number of rotatable bonds is 7. The average Bonchev–Trinajstić information content (AvgIpc) is 2.29. The van der Waals surface area contributed by atoms with E-state index in [1.54, 1.807) is 20.8 Å². The lowest BCUT2D eigenvalue weighted by atomic mass is 10.1. The summed E-state index contributed by atoms with van der Waals surface area (Å²) in [7, 11) is 0. The fraction of sp³-hybridized carbons (Fsp3) is 0.769. The maximum Gasteiger partial charge on any atom is 0.408 e. The van der Waals surface area contributed by atoms with Crippen LogP contribution < -0.4 is 11.1 Å². The van der Waals surface area contributed by atoms with Gasteiger partial charge in [0.25, 0.3) is 5.91 Å². The van der Waals surface area contributed by atoms with Crippen LogP contribution in [0.15, 0.2) is 0 Å². The van der Waals surface area contributed by atoms with Crippen LogP contribution in [0.25, 0.3) is 0 Å². The van der Waals surface area contributed by atoms with E-state index in [9.17, 15) is 14.4 Å². The van der Waals surface area contributed by atoms with Crippen LogP contribution in [0.4, 0.5) is 4.79 Å². The van der Waals surface area contributed by atoms with Crippen molar-refractivity contribution in [3.63, 3.8) is 0 Å². The number of carbonyl (C=O) groups excluding carboxylic acids is 3. The van der Waals surface area contributed by atoms with E-state index in [-0.39, 0.29) is 6.54 Å². The summed E-state index contributed by atoms with van der Waals surface area (Å²) < 4.78 is 9.87. The van der Waals surface area contributed by atoms with Gasteiger partial charge >= 0.3 is 12.1 Å². The van der Waals surface area contributed by atoms with E-state index in [0.29, 0.717) is 6.42 Å². The molecule has 7 heteroatoms. The van der Waals surface area contributed by atoms with Gasteiger partial charge in [0.1, 0.15) is 12.1 Å². The lowest BCUT2D eigenvalue weighted by molar-refractivity contribution is -0.154. The Balaban J connectivity index is 4.14. The van der Waals surface area contributed by atoms with Crippen LogP contribution in [0.5, 0.6) is 0 Å². The van der Waals surface area contributed by atoms with E-state index in [1.165, 1.54) is 0 Å². The number of amides is 2. The van der Waals surface area contributed by atoms with Crippen LogP contribution >= 0.6 is 0 Å². The topological polar surface area (TPSA) is 108 Å². The number of alkyl carbamates (subject to hydrolysis) is 1. The third-order valence-corrected chi connectivity index (χ3v) is 2.19. The zero-order chi connectivity index (χ0) is 15.8. The Morgan fingerprint density at radius 1 is 1.25 bits per heavy atom. The Bertz CT molecular complexity index is 349. The number of unbranched alkanes of at least 4 members (excludes halogenated alkanes) is 1. The standard InChI is InChI=1S/C13H24N2O5/c1-5-6-7-9(11(14)17)19-10(16)8-15-12(18)20-13(2,3)4/h9H,5-8H2,1-4H3,(H2,14,17)(H,15,18). The number of carbonyl (C=O) groups is 3. The molecular weight excluding hydrogens is 264 g/mol. The number of hydrogen-bond acceptors (Lipinski definition) is 5. The zero-order valence-electron chi connectivity index (χ0n) is 12.5. The molecule has 0 aromatic heterocycles. The second-order valence-electron chi connectivity index (χ2n) is 5.38. The smallest absolute Gasteiger partial charge is 0.408 e. The van der Waals surface area contributed by atoms with Crippen molar-refractivity contribution in [2.45, 2.75) is 58.7 Å². The molecule has 0 radical (unpaired) electrons. The predicted molar refractivity (Wildman–Crippen MR) is 72.8 cm³/mol. The molecule has 1 unspecified atom stereocenters.